The minimum atomic E-state index is -2.05. The molecule has 2 aliphatic carbocycles. The number of esters is 4. The first-order valence-corrected chi connectivity index (χ1v) is 37.8. The van der Waals surface area contributed by atoms with Gasteiger partial charge in [-0.2, -0.15) is 0 Å². The molecular weight excluding hydrogens is 1440 g/mol. The maximum absolute atomic E-state index is 16.0. The number of nitrogens with one attached hydrogen (secondary N) is 4. The quantitative estimate of drug-likeness (QED) is 0.0550. The van der Waals surface area contributed by atoms with E-state index in [-0.39, 0.29) is 60.6 Å². The molecule has 1 aromatic rings. The average Bonchev–Trinajstić information content (AvgIpc) is 1.46. The Bertz CT molecular complexity index is 4270. The van der Waals surface area contributed by atoms with Crippen LogP contribution < -0.4 is 26.7 Å². The smallest absolute Gasteiger partial charge is 0.329 e. The van der Waals surface area contributed by atoms with Crippen LogP contribution >= 0.6 is 0 Å². The SMILES string of the molecule is Cc1c2oc3c(C)ccc(C(=O)NC4C(=O)NC(C(C)C)C(=O)N5CCCC5C(=O)N(C)CC(=O)N(C)C(C(C)C)C(=O)OC4C)c3nc-2c(C(=O)NC2C(=O)NC(C(C)C)C(=O)N3CCCC3C(=O)N(C)CC(=O)N(C)C(C(C)C)C(=O)OC2C)c(CC(=O)OCOC(=O)C2CCC(CN3C(=O)C=CC3=O)CC2)c1=O. The molecule has 34 nitrogen and oxygen atoms in total. The summed E-state index contributed by atoms with van der Waals surface area (Å²) in [6.07, 6.45) is 0.694. The first-order valence-electron chi connectivity index (χ1n) is 37.8. The largest absolute Gasteiger partial charge is 0.458 e. The Morgan fingerprint density at radius 3 is 1.52 bits per heavy atom. The van der Waals surface area contributed by atoms with Crippen molar-refractivity contribution in [2.75, 3.05) is 67.7 Å². The van der Waals surface area contributed by atoms with E-state index in [2.05, 4.69) is 21.3 Å². The zero-order valence-corrected chi connectivity index (χ0v) is 65.7. The number of likely N-dealkylation sites (N-methyl/N-ethyl adjacent to an activating group) is 4. The summed E-state index contributed by atoms with van der Waals surface area (Å²) in [7, 11) is 5.48. The molecule has 8 aliphatic rings. The molecule has 9 rings (SSSR count). The summed E-state index contributed by atoms with van der Waals surface area (Å²) in [5.74, 6) is -17.3. The first kappa shape index (κ1) is 84.3. The van der Waals surface area contributed by atoms with E-state index in [1.54, 1.807) is 62.3 Å². The zero-order chi connectivity index (χ0) is 81.8. The van der Waals surface area contributed by atoms with Crippen LogP contribution in [-0.2, 0) is 92.5 Å². The van der Waals surface area contributed by atoms with E-state index in [0.717, 1.165) is 19.6 Å². The number of amides is 12. The van der Waals surface area contributed by atoms with Crippen LogP contribution in [0.15, 0.2) is 33.5 Å². The number of carbonyl (C=O) groups excluding carboxylic acids is 16. The molecule has 6 heterocycles. The standard InChI is InChI=1S/C77H102N12O22/c1-36(2)56-73(102)87-29-17-19-48(87)71(100)83(13)33-52(92)85(15)62(38(5)6)76(105)109-42(11)58(69(98)79-56)81-67(96)46-26-21-40(9)65-60(46)78-61-55(47(64(95)41(10)66(61)111-65)31-54(94)107-35-108-75(104)45-24-22-44(23-25-45)32-89-50(90)27-28-51(89)91)68(97)82-59-43(12)110-77(106)63(39(7)8)86(16)53(93)34-84(14)72(101)49-20-18-30-88(49)74(103)57(37(3)4)80-70(59)99/h21,26-28,36-39,42-45,48-49,56-59,62-63H,17-20,22-25,29-35H2,1-16H3,(H,79,98)(H,80,99)(H,81,96)(H,82,97). The Morgan fingerprint density at radius 2 is 1.06 bits per heavy atom. The summed E-state index contributed by atoms with van der Waals surface area (Å²) in [6.45, 7) is 16.8. The van der Waals surface area contributed by atoms with Crippen LogP contribution in [0.1, 0.15) is 158 Å². The molecule has 10 unspecified atom stereocenters. The molecule has 12 amide bonds. The van der Waals surface area contributed by atoms with Gasteiger partial charge in [-0.1, -0.05) is 61.5 Å². The fourth-order valence-electron chi connectivity index (χ4n) is 15.4. The van der Waals surface area contributed by atoms with Crippen molar-refractivity contribution in [2.45, 2.75) is 201 Å². The predicted molar refractivity (Wildman–Crippen MR) is 393 cm³/mol. The highest BCUT2D eigenvalue weighted by molar-refractivity contribution is 6.13. The summed E-state index contributed by atoms with van der Waals surface area (Å²) >= 11 is 0. The summed E-state index contributed by atoms with van der Waals surface area (Å²) in [5.41, 5.74) is -3.98. The van der Waals surface area contributed by atoms with Crippen molar-refractivity contribution in [3.05, 3.63) is 62.3 Å². The van der Waals surface area contributed by atoms with Crippen molar-refractivity contribution < 1.29 is 100 Å². The van der Waals surface area contributed by atoms with Gasteiger partial charge in [0.1, 0.15) is 71.8 Å². The van der Waals surface area contributed by atoms with Crippen molar-refractivity contribution in [1.82, 2.24) is 60.6 Å². The molecule has 6 aliphatic heterocycles. The number of nitrogens with zero attached hydrogens (tertiary/aromatic N) is 8. The summed E-state index contributed by atoms with van der Waals surface area (Å²) in [4.78, 5) is 258. The average molecular weight is 1550 g/mol. The normalized spacial score (nSPS) is 26.2. The van der Waals surface area contributed by atoms with Gasteiger partial charge in [0.05, 0.1) is 36.6 Å². The van der Waals surface area contributed by atoms with Gasteiger partial charge < -0.3 is 74.0 Å². The number of imide groups is 1. The lowest BCUT2D eigenvalue weighted by Crippen LogP contribution is -2.61. The van der Waals surface area contributed by atoms with Crippen molar-refractivity contribution >= 4 is 106 Å². The van der Waals surface area contributed by atoms with Gasteiger partial charge in [0.2, 0.25) is 54.1 Å². The van der Waals surface area contributed by atoms with Crippen molar-refractivity contribution in [2.24, 2.45) is 35.5 Å². The highest BCUT2D eigenvalue weighted by Crippen LogP contribution is 2.36. The van der Waals surface area contributed by atoms with E-state index in [4.69, 9.17) is 28.3 Å². The second kappa shape index (κ2) is 35.1. The van der Waals surface area contributed by atoms with Gasteiger partial charge in [0.15, 0.2) is 16.8 Å². The maximum atomic E-state index is 16.0. The van der Waals surface area contributed by atoms with Crippen molar-refractivity contribution in [3.8, 4) is 11.5 Å². The molecule has 4 saturated heterocycles. The highest BCUT2D eigenvalue weighted by atomic mass is 16.7. The number of carbonyl (C=O) groups is 16. The van der Waals surface area contributed by atoms with E-state index in [1.807, 2.05) is 0 Å². The Hall–Kier alpha value is -10.7. The van der Waals surface area contributed by atoms with Gasteiger partial charge >= 0.3 is 23.9 Å². The van der Waals surface area contributed by atoms with Gasteiger partial charge in [0, 0.05) is 71.1 Å². The minimum Gasteiger partial charge on any atom is -0.458 e. The number of cyclic esters (lactones) is 2. The van der Waals surface area contributed by atoms with Crippen LogP contribution in [0.2, 0.25) is 0 Å². The topological polar surface area (TPSA) is 424 Å². The lowest BCUT2D eigenvalue weighted by atomic mass is 9.82. The van der Waals surface area contributed by atoms with E-state index >= 15 is 24.0 Å². The van der Waals surface area contributed by atoms with Crippen LogP contribution in [-0.4, -0.2) is 262 Å². The second-order valence-electron chi connectivity index (χ2n) is 31.2. The number of aromatic nitrogens is 1. The lowest BCUT2D eigenvalue weighted by Gasteiger charge is -2.36. The van der Waals surface area contributed by atoms with E-state index in [0.29, 0.717) is 38.5 Å². The van der Waals surface area contributed by atoms with Crippen LogP contribution in [0.4, 0.5) is 0 Å². The van der Waals surface area contributed by atoms with Crippen molar-refractivity contribution in [1.29, 1.82) is 0 Å². The number of rotatable bonds is 15. The Balaban J connectivity index is 1.14. The molecule has 34 heteroatoms. The minimum absolute atomic E-state index is 0.0870. The number of aryl methyl sites for hydroxylation is 1. The van der Waals surface area contributed by atoms with Gasteiger partial charge in [0.25, 0.3) is 23.6 Å². The molecule has 111 heavy (non-hydrogen) atoms. The van der Waals surface area contributed by atoms with Crippen LogP contribution in [0.25, 0.3) is 22.6 Å². The molecule has 0 bridgehead atoms. The van der Waals surface area contributed by atoms with E-state index < -0.39 is 245 Å². The summed E-state index contributed by atoms with van der Waals surface area (Å²) in [5, 5.41) is 10.7. The molecule has 10 atom stereocenters. The van der Waals surface area contributed by atoms with E-state index in [9.17, 15) is 57.5 Å². The predicted octanol–water partition coefficient (Wildman–Crippen LogP) is 1.46. The molecule has 5 fully saturated rings. The molecule has 4 N–H and O–H groups in total. The highest BCUT2D eigenvalue weighted by Gasteiger charge is 2.47. The first-order chi connectivity index (χ1) is 52.2. The third kappa shape index (κ3) is 18.2. The molecule has 602 valence electrons. The monoisotopic (exact) mass is 1550 g/mol. The Morgan fingerprint density at radius 1 is 0.595 bits per heavy atom. The summed E-state index contributed by atoms with van der Waals surface area (Å²) in [6, 6.07) is -8.74. The molecular formula is C77H102N12O22. The maximum Gasteiger partial charge on any atom is 0.329 e. The molecule has 1 aromatic carbocycles. The number of fused-ring (bicyclic) bond motifs is 4. The third-order valence-corrected chi connectivity index (χ3v) is 21.8. The molecule has 0 spiro atoms. The molecule has 0 radical (unpaired) electrons. The number of benzene rings is 2. The van der Waals surface area contributed by atoms with E-state index in [1.165, 1.54) is 87.9 Å². The Kier molecular flexibility index (Phi) is 26.7. The fraction of sp³-hybridized carbons (Fsp3) is 0.610. The number of hydrogen-bond donors (Lipinski definition) is 4. The fourth-order valence-corrected chi connectivity index (χ4v) is 15.4. The number of hydrogen-bond acceptors (Lipinski definition) is 23. The Labute approximate surface area is 642 Å². The van der Waals surface area contributed by atoms with Gasteiger partial charge in [-0.25, -0.2) is 14.6 Å². The number of ether oxygens (including phenoxy) is 4. The van der Waals surface area contributed by atoms with Gasteiger partial charge in [-0.15, -0.1) is 0 Å². The van der Waals surface area contributed by atoms with Gasteiger partial charge in [-0.05, 0) is 120 Å². The third-order valence-electron chi connectivity index (χ3n) is 21.8. The second-order valence-corrected chi connectivity index (χ2v) is 31.2. The van der Waals surface area contributed by atoms with Gasteiger partial charge in [-0.3, -0.25) is 76.8 Å². The lowest BCUT2D eigenvalue weighted by molar-refractivity contribution is -0.171. The molecule has 0 aromatic heterocycles. The molecule has 1 saturated carbocycles. The zero-order valence-electron chi connectivity index (χ0n) is 65.7. The van der Waals surface area contributed by atoms with Crippen LogP contribution in [0.3, 0.4) is 0 Å². The van der Waals surface area contributed by atoms with Crippen LogP contribution in [0.5, 0.6) is 0 Å². The summed E-state index contributed by atoms with van der Waals surface area (Å²) < 4.78 is 29.5. The van der Waals surface area contributed by atoms with Crippen molar-refractivity contribution in [3.63, 3.8) is 0 Å². The van der Waals surface area contributed by atoms with Crippen LogP contribution in [0, 0.1) is 49.4 Å².